The number of halogens is 2. The number of pyridine rings is 1. The van der Waals surface area contributed by atoms with Crippen LogP contribution in [0.1, 0.15) is 10.5 Å². The number of nitrogens with one attached hydrogen (secondary N) is 1. The van der Waals surface area contributed by atoms with E-state index in [0.717, 1.165) is 5.69 Å². The number of benzene rings is 1. The minimum atomic E-state index is -0.0674. The lowest BCUT2D eigenvalue weighted by molar-refractivity contribution is 0.0742. The molecule has 1 aliphatic rings. The van der Waals surface area contributed by atoms with Crippen molar-refractivity contribution in [2.45, 2.75) is 0 Å². The molecule has 0 bridgehead atoms. The summed E-state index contributed by atoms with van der Waals surface area (Å²) in [4.78, 5) is 25.4. The summed E-state index contributed by atoms with van der Waals surface area (Å²) in [6.45, 7) is 2.58. The van der Waals surface area contributed by atoms with E-state index >= 15 is 0 Å². The van der Waals surface area contributed by atoms with Crippen LogP contribution in [-0.4, -0.2) is 47.0 Å². The van der Waals surface area contributed by atoms with Crippen LogP contribution >= 0.6 is 34.5 Å². The van der Waals surface area contributed by atoms with Crippen molar-refractivity contribution in [2.24, 2.45) is 0 Å². The van der Waals surface area contributed by atoms with Gasteiger partial charge in [-0.25, -0.2) is 9.97 Å². The smallest absolute Gasteiger partial charge is 0.273 e. The topological polar surface area (TPSA) is 61.4 Å². The molecule has 1 saturated heterocycles. The molecule has 1 aliphatic heterocycles. The van der Waals surface area contributed by atoms with Gasteiger partial charge in [-0.15, -0.1) is 11.3 Å². The Bertz CT molecular complexity index is 973. The number of piperazine rings is 1. The van der Waals surface area contributed by atoms with Crippen molar-refractivity contribution in [3.8, 4) is 0 Å². The number of anilines is 3. The number of thiazole rings is 1. The van der Waals surface area contributed by atoms with Crippen LogP contribution in [-0.2, 0) is 0 Å². The Labute approximate surface area is 176 Å². The van der Waals surface area contributed by atoms with Crippen LogP contribution in [0.2, 0.25) is 10.0 Å². The first kappa shape index (κ1) is 19.0. The van der Waals surface area contributed by atoms with Gasteiger partial charge >= 0.3 is 0 Å². The molecule has 1 aromatic carbocycles. The number of hydrogen-bond donors (Lipinski definition) is 1. The summed E-state index contributed by atoms with van der Waals surface area (Å²) in [6, 6.07) is 11.2. The molecule has 3 heterocycles. The maximum atomic E-state index is 12.8. The van der Waals surface area contributed by atoms with Crippen molar-refractivity contribution in [3.63, 3.8) is 0 Å². The van der Waals surface area contributed by atoms with Gasteiger partial charge in [-0.2, -0.15) is 0 Å². The number of amides is 1. The molecule has 4 rings (SSSR count). The number of rotatable bonds is 4. The number of nitrogens with zero attached hydrogens (tertiary/aromatic N) is 4. The van der Waals surface area contributed by atoms with Gasteiger partial charge in [0.2, 0.25) is 0 Å². The highest BCUT2D eigenvalue weighted by Gasteiger charge is 2.25. The Kier molecular flexibility index (Phi) is 5.66. The molecule has 144 valence electrons. The quantitative estimate of drug-likeness (QED) is 0.653. The fraction of sp³-hybridized carbons (Fsp3) is 0.211. The fourth-order valence-corrected chi connectivity index (χ4v) is 4.13. The lowest BCUT2D eigenvalue weighted by atomic mass is 10.2. The van der Waals surface area contributed by atoms with Crippen LogP contribution in [0.15, 0.2) is 48.0 Å². The second kappa shape index (κ2) is 8.34. The van der Waals surface area contributed by atoms with Crippen molar-refractivity contribution in [2.75, 3.05) is 36.4 Å². The zero-order valence-electron chi connectivity index (χ0n) is 14.8. The summed E-state index contributed by atoms with van der Waals surface area (Å²) in [5, 5.41) is 6.61. The minimum Gasteiger partial charge on any atom is -0.367 e. The third kappa shape index (κ3) is 4.06. The number of aromatic nitrogens is 2. The zero-order valence-corrected chi connectivity index (χ0v) is 17.1. The second-order valence-corrected chi connectivity index (χ2v) is 7.87. The molecule has 0 unspecified atom stereocenters. The molecule has 1 N–H and O–H groups in total. The molecular weight excluding hydrogens is 417 g/mol. The van der Waals surface area contributed by atoms with E-state index in [0.29, 0.717) is 52.9 Å². The Morgan fingerprint density at radius 3 is 2.64 bits per heavy atom. The molecule has 28 heavy (non-hydrogen) atoms. The van der Waals surface area contributed by atoms with E-state index in [1.54, 1.807) is 17.6 Å². The maximum absolute atomic E-state index is 12.8. The van der Waals surface area contributed by atoms with Crippen LogP contribution in [0.3, 0.4) is 0 Å². The van der Waals surface area contributed by atoms with Crippen molar-refractivity contribution < 1.29 is 4.79 Å². The van der Waals surface area contributed by atoms with Gasteiger partial charge < -0.3 is 15.1 Å². The van der Waals surface area contributed by atoms with Gasteiger partial charge in [0.05, 0.1) is 15.7 Å². The van der Waals surface area contributed by atoms with E-state index in [4.69, 9.17) is 23.2 Å². The van der Waals surface area contributed by atoms with Crippen molar-refractivity contribution in [1.29, 1.82) is 0 Å². The van der Waals surface area contributed by atoms with Crippen LogP contribution in [0, 0.1) is 0 Å². The summed E-state index contributed by atoms with van der Waals surface area (Å²) in [5.41, 5.74) is 1.34. The molecule has 0 atom stereocenters. The molecule has 0 spiro atoms. The first-order chi connectivity index (χ1) is 13.6. The van der Waals surface area contributed by atoms with E-state index in [-0.39, 0.29) is 5.91 Å². The average Bonchev–Trinajstić information content (AvgIpc) is 3.19. The highest BCUT2D eigenvalue weighted by Crippen LogP contribution is 2.33. The van der Waals surface area contributed by atoms with E-state index in [2.05, 4.69) is 20.2 Å². The standard InChI is InChI=1S/C19H17Cl2N5OS/c20-13-4-3-5-15(17(13)21)25-8-10-26(11-9-25)18(27)14-12-28-19(23-14)24-16-6-1-2-7-22-16/h1-7,12H,8-11H2,(H,22,23,24). The van der Waals surface area contributed by atoms with Gasteiger partial charge in [-0.1, -0.05) is 35.3 Å². The van der Waals surface area contributed by atoms with Crippen molar-refractivity contribution in [3.05, 3.63) is 63.7 Å². The normalized spacial score (nSPS) is 14.2. The number of carbonyl (C=O) groups is 1. The first-order valence-corrected chi connectivity index (χ1v) is 10.4. The van der Waals surface area contributed by atoms with E-state index in [1.165, 1.54) is 11.3 Å². The van der Waals surface area contributed by atoms with E-state index < -0.39 is 0 Å². The molecule has 1 fully saturated rings. The van der Waals surface area contributed by atoms with Gasteiger partial charge in [0.15, 0.2) is 5.13 Å². The summed E-state index contributed by atoms with van der Waals surface area (Å²) in [5.74, 6) is 0.630. The largest absolute Gasteiger partial charge is 0.367 e. The Hall–Kier alpha value is -2.35. The number of carbonyl (C=O) groups excluding carboxylic acids is 1. The van der Waals surface area contributed by atoms with Crippen LogP contribution in [0.5, 0.6) is 0 Å². The van der Waals surface area contributed by atoms with Gasteiger partial charge in [-0.3, -0.25) is 4.79 Å². The highest BCUT2D eigenvalue weighted by atomic mass is 35.5. The SMILES string of the molecule is O=C(c1csc(Nc2ccccn2)n1)N1CCN(c2cccc(Cl)c2Cl)CC1. The van der Waals surface area contributed by atoms with Gasteiger partial charge in [0.1, 0.15) is 11.5 Å². The van der Waals surface area contributed by atoms with E-state index in [1.807, 2.05) is 35.2 Å². The lowest BCUT2D eigenvalue weighted by Crippen LogP contribution is -2.49. The predicted octanol–water partition coefficient (Wildman–Crippen LogP) is 4.55. The molecule has 0 radical (unpaired) electrons. The lowest BCUT2D eigenvalue weighted by Gasteiger charge is -2.36. The highest BCUT2D eigenvalue weighted by molar-refractivity contribution is 7.14. The molecular formula is C19H17Cl2N5OS. The van der Waals surface area contributed by atoms with Gasteiger partial charge in [0.25, 0.3) is 5.91 Å². The fourth-order valence-electron chi connectivity index (χ4n) is 3.02. The summed E-state index contributed by atoms with van der Waals surface area (Å²) >= 11 is 13.8. The summed E-state index contributed by atoms with van der Waals surface area (Å²) in [7, 11) is 0. The molecule has 3 aromatic rings. The minimum absolute atomic E-state index is 0.0674. The summed E-state index contributed by atoms with van der Waals surface area (Å²) in [6.07, 6.45) is 1.70. The molecule has 0 saturated carbocycles. The summed E-state index contributed by atoms with van der Waals surface area (Å²) < 4.78 is 0. The second-order valence-electron chi connectivity index (χ2n) is 6.23. The maximum Gasteiger partial charge on any atom is 0.273 e. The first-order valence-electron chi connectivity index (χ1n) is 8.73. The molecule has 6 nitrogen and oxygen atoms in total. The molecule has 1 amide bonds. The van der Waals surface area contributed by atoms with Gasteiger partial charge in [-0.05, 0) is 24.3 Å². The van der Waals surface area contributed by atoms with E-state index in [9.17, 15) is 4.79 Å². The van der Waals surface area contributed by atoms with Gasteiger partial charge in [0, 0.05) is 37.8 Å². The van der Waals surface area contributed by atoms with Crippen molar-refractivity contribution >= 4 is 57.1 Å². The Morgan fingerprint density at radius 1 is 1.07 bits per heavy atom. The molecule has 0 aliphatic carbocycles. The van der Waals surface area contributed by atoms with Crippen LogP contribution in [0.25, 0.3) is 0 Å². The Morgan fingerprint density at radius 2 is 1.89 bits per heavy atom. The predicted molar refractivity (Wildman–Crippen MR) is 114 cm³/mol. The third-order valence-electron chi connectivity index (χ3n) is 4.46. The zero-order chi connectivity index (χ0) is 19.5. The number of hydrogen-bond acceptors (Lipinski definition) is 6. The molecule has 9 heteroatoms. The van der Waals surface area contributed by atoms with Crippen LogP contribution < -0.4 is 10.2 Å². The Balaban J connectivity index is 1.38. The monoisotopic (exact) mass is 433 g/mol. The third-order valence-corrected chi connectivity index (χ3v) is 6.03. The van der Waals surface area contributed by atoms with Crippen molar-refractivity contribution in [1.82, 2.24) is 14.9 Å². The average molecular weight is 434 g/mol. The van der Waals surface area contributed by atoms with Crippen LogP contribution in [0.4, 0.5) is 16.6 Å². The molecule has 2 aromatic heterocycles.